The summed E-state index contributed by atoms with van der Waals surface area (Å²) in [5.74, 6) is 0.992. The normalized spacial score (nSPS) is 28.8. The highest BCUT2D eigenvalue weighted by atomic mass is 16.7. The first kappa shape index (κ1) is 17.5. The molecule has 0 N–H and O–H groups in total. The lowest BCUT2D eigenvalue weighted by Gasteiger charge is -2.32. The first-order chi connectivity index (χ1) is 11.9. The SMILES string of the molecule is CC1(C)OB(c2cc(C3CCCC3)nc(C3CCOC3)c2)OC1(C)C. The number of rotatable bonds is 3. The molecule has 1 saturated carbocycles. The zero-order valence-corrected chi connectivity index (χ0v) is 16.0. The first-order valence-corrected chi connectivity index (χ1v) is 9.81. The maximum atomic E-state index is 6.30. The lowest BCUT2D eigenvalue weighted by atomic mass is 9.77. The molecule has 0 aromatic carbocycles. The standard InChI is InChI=1S/C20H30BNO3/c1-19(2)20(3,4)25-21(24-19)16-11-17(14-7-5-6-8-14)22-18(12-16)15-9-10-23-13-15/h11-12,14-15H,5-10,13H2,1-4H3. The highest BCUT2D eigenvalue weighted by Gasteiger charge is 2.52. The third kappa shape index (κ3) is 3.27. The van der Waals surface area contributed by atoms with Gasteiger partial charge in [-0.3, -0.25) is 4.98 Å². The van der Waals surface area contributed by atoms with E-state index < -0.39 is 0 Å². The summed E-state index contributed by atoms with van der Waals surface area (Å²) < 4.78 is 18.2. The van der Waals surface area contributed by atoms with Crippen LogP contribution >= 0.6 is 0 Å². The predicted octanol–water partition coefficient (Wildman–Crippen LogP) is 3.54. The molecule has 1 aromatic heterocycles. The summed E-state index contributed by atoms with van der Waals surface area (Å²) in [7, 11) is -0.311. The van der Waals surface area contributed by atoms with E-state index in [-0.39, 0.29) is 18.3 Å². The van der Waals surface area contributed by atoms with Crippen molar-refractivity contribution in [2.75, 3.05) is 13.2 Å². The van der Waals surface area contributed by atoms with Crippen LogP contribution in [0.4, 0.5) is 0 Å². The van der Waals surface area contributed by atoms with Gasteiger partial charge in [0.2, 0.25) is 0 Å². The van der Waals surface area contributed by atoms with Gasteiger partial charge in [-0.1, -0.05) is 12.8 Å². The topological polar surface area (TPSA) is 40.6 Å². The van der Waals surface area contributed by atoms with Crippen LogP contribution in [0.3, 0.4) is 0 Å². The molecular formula is C20H30BNO3. The van der Waals surface area contributed by atoms with Crippen molar-refractivity contribution < 1.29 is 14.0 Å². The quantitative estimate of drug-likeness (QED) is 0.787. The molecule has 4 nitrogen and oxygen atoms in total. The van der Waals surface area contributed by atoms with Gasteiger partial charge >= 0.3 is 7.12 Å². The molecule has 3 heterocycles. The molecule has 25 heavy (non-hydrogen) atoms. The van der Waals surface area contributed by atoms with E-state index in [9.17, 15) is 0 Å². The van der Waals surface area contributed by atoms with Gasteiger partial charge in [0.05, 0.1) is 17.8 Å². The Balaban J connectivity index is 1.69. The van der Waals surface area contributed by atoms with E-state index in [1.165, 1.54) is 31.4 Å². The van der Waals surface area contributed by atoms with Crippen molar-refractivity contribution in [1.82, 2.24) is 4.98 Å². The Morgan fingerprint density at radius 1 is 0.920 bits per heavy atom. The fourth-order valence-corrected chi connectivity index (χ4v) is 4.12. The highest BCUT2D eigenvalue weighted by Crippen LogP contribution is 2.38. The number of nitrogens with zero attached hydrogens (tertiary/aromatic N) is 1. The lowest BCUT2D eigenvalue weighted by molar-refractivity contribution is 0.00578. The molecular weight excluding hydrogens is 313 g/mol. The van der Waals surface area contributed by atoms with Crippen LogP contribution in [0.2, 0.25) is 0 Å². The molecule has 5 heteroatoms. The smallest absolute Gasteiger partial charge is 0.399 e. The Hall–Kier alpha value is -0.905. The minimum Gasteiger partial charge on any atom is -0.399 e. The van der Waals surface area contributed by atoms with Crippen LogP contribution in [0.1, 0.15) is 83.0 Å². The summed E-state index contributed by atoms with van der Waals surface area (Å²) in [4.78, 5) is 5.05. The largest absolute Gasteiger partial charge is 0.494 e. The Morgan fingerprint density at radius 2 is 1.52 bits per heavy atom. The van der Waals surface area contributed by atoms with Gasteiger partial charge in [0.1, 0.15) is 0 Å². The van der Waals surface area contributed by atoms with Gasteiger partial charge in [0.15, 0.2) is 0 Å². The maximum absolute atomic E-state index is 6.30. The third-order valence-electron chi connectivity index (χ3n) is 6.53. The summed E-state index contributed by atoms with van der Waals surface area (Å²) >= 11 is 0. The number of hydrogen-bond donors (Lipinski definition) is 0. The van der Waals surface area contributed by atoms with E-state index in [1.54, 1.807) is 0 Å². The lowest BCUT2D eigenvalue weighted by Crippen LogP contribution is -2.41. The second-order valence-electron chi connectivity index (χ2n) is 8.88. The van der Waals surface area contributed by atoms with Crippen molar-refractivity contribution in [2.24, 2.45) is 0 Å². The van der Waals surface area contributed by atoms with E-state index in [1.807, 2.05) is 0 Å². The Morgan fingerprint density at radius 3 is 2.08 bits per heavy atom. The third-order valence-corrected chi connectivity index (χ3v) is 6.53. The minimum atomic E-state index is -0.314. The van der Waals surface area contributed by atoms with Crippen LogP contribution in [0.15, 0.2) is 12.1 Å². The summed E-state index contributed by atoms with van der Waals surface area (Å²) in [6.07, 6.45) is 6.19. The summed E-state index contributed by atoms with van der Waals surface area (Å²) in [6.45, 7) is 10.1. The van der Waals surface area contributed by atoms with E-state index in [2.05, 4.69) is 39.8 Å². The number of hydrogen-bond acceptors (Lipinski definition) is 4. The molecule has 3 aliphatic rings. The van der Waals surface area contributed by atoms with Crippen LogP contribution < -0.4 is 5.46 Å². The van der Waals surface area contributed by atoms with Gasteiger partial charge in [-0.25, -0.2) is 0 Å². The second-order valence-corrected chi connectivity index (χ2v) is 8.88. The molecule has 0 bridgehead atoms. The van der Waals surface area contributed by atoms with Crippen LogP contribution in [0, 0.1) is 0 Å². The Bertz CT molecular complexity index is 584. The zero-order valence-electron chi connectivity index (χ0n) is 16.0. The summed E-state index contributed by atoms with van der Waals surface area (Å²) in [5, 5.41) is 0. The van der Waals surface area contributed by atoms with Crippen LogP contribution in [-0.4, -0.2) is 36.5 Å². The summed E-state index contributed by atoms with van der Waals surface area (Å²) in [6, 6.07) is 4.43. The van der Waals surface area contributed by atoms with Crippen LogP contribution in [0.25, 0.3) is 0 Å². The van der Waals surface area contributed by atoms with E-state index >= 15 is 0 Å². The fraction of sp³-hybridized carbons (Fsp3) is 0.750. The summed E-state index contributed by atoms with van der Waals surface area (Å²) in [5.41, 5.74) is 2.88. The molecule has 0 amide bonds. The zero-order chi connectivity index (χ0) is 17.7. The van der Waals surface area contributed by atoms with Crippen molar-refractivity contribution in [3.05, 3.63) is 23.5 Å². The molecule has 3 fully saturated rings. The molecule has 2 saturated heterocycles. The molecule has 1 aliphatic carbocycles. The predicted molar refractivity (Wildman–Crippen MR) is 99.3 cm³/mol. The van der Waals surface area contributed by atoms with Crippen molar-refractivity contribution in [3.8, 4) is 0 Å². The molecule has 4 rings (SSSR count). The van der Waals surface area contributed by atoms with Crippen molar-refractivity contribution in [2.45, 2.75) is 82.8 Å². The second kappa shape index (κ2) is 6.36. The fourth-order valence-electron chi connectivity index (χ4n) is 4.12. The minimum absolute atomic E-state index is 0.311. The number of ether oxygens (including phenoxy) is 1. The molecule has 0 spiro atoms. The average Bonchev–Trinajstić information content (AvgIpc) is 3.29. The monoisotopic (exact) mass is 343 g/mol. The Kier molecular flexibility index (Phi) is 4.46. The first-order valence-electron chi connectivity index (χ1n) is 9.81. The van der Waals surface area contributed by atoms with Crippen molar-refractivity contribution in [1.29, 1.82) is 0 Å². The van der Waals surface area contributed by atoms with Gasteiger partial charge in [-0.15, -0.1) is 0 Å². The number of pyridine rings is 1. The van der Waals surface area contributed by atoms with Gasteiger partial charge in [0.25, 0.3) is 0 Å². The van der Waals surface area contributed by atoms with E-state index in [4.69, 9.17) is 19.0 Å². The van der Waals surface area contributed by atoms with Gasteiger partial charge in [0, 0.05) is 29.8 Å². The van der Waals surface area contributed by atoms with Crippen molar-refractivity contribution >= 4 is 12.6 Å². The van der Waals surface area contributed by atoms with E-state index in [0.29, 0.717) is 11.8 Å². The van der Waals surface area contributed by atoms with Gasteiger partial charge < -0.3 is 14.0 Å². The van der Waals surface area contributed by atoms with Gasteiger partial charge in [-0.2, -0.15) is 0 Å². The Labute approximate surface area is 151 Å². The maximum Gasteiger partial charge on any atom is 0.494 e. The van der Waals surface area contributed by atoms with Crippen LogP contribution in [-0.2, 0) is 14.0 Å². The molecule has 2 aliphatic heterocycles. The average molecular weight is 343 g/mol. The molecule has 136 valence electrons. The highest BCUT2D eigenvalue weighted by molar-refractivity contribution is 6.62. The van der Waals surface area contributed by atoms with Crippen LogP contribution in [0.5, 0.6) is 0 Å². The van der Waals surface area contributed by atoms with Crippen molar-refractivity contribution in [3.63, 3.8) is 0 Å². The molecule has 0 radical (unpaired) electrons. The van der Waals surface area contributed by atoms with Gasteiger partial charge in [-0.05, 0) is 64.6 Å². The molecule has 1 unspecified atom stereocenters. The molecule has 1 atom stereocenters. The molecule has 1 aromatic rings. The van der Waals surface area contributed by atoms with E-state index in [0.717, 1.165) is 30.8 Å². The number of aromatic nitrogens is 1.